The summed E-state index contributed by atoms with van der Waals surface area (Å²) in [6.45, 7) is 6.69. The lowest BCUT2D eigenvalue weighted by Gasteiger charge is -2.25. The second kappa shape index (κ2) is 4.10. The monoisotopic (exact) mass is 216 g/mol. The maximum atomic E-state index is 5.71. The molecule has 0 N–H and O–H groups in total. The van der Waals surface area contributed by atoms with E-state index >= 15 is 0 Å². The van der Waals surface area contributed by atoms with Crippen LogP contribution in [0, 0.1) is 5.41 Å². The predicted octanol–water partition coefficient (Wildman–Crippen LogP) is 1.44. The van der Waals surface area contributed by atoms with Gasteiger partial charge in [0.15, 0.2) is 0 Å². The lowest BCUT2D eigenvalue weighted by atomic mass is 9.99. The van der Waals surface area contributed by atoms with Crippen molar-refractivity contribution in [2.75, 3.05) is 6.61 Å². The fourth-order valence-electron chi connectivity index (χ4n) is 0.368. The van der Waals surface area contributed by atoms with Crippen LogP contribution in [0.3, 0.4) is 0 Å². The van der Waals surface area contributed by atoms with Crippen LogP contribution in [0.2, 0.25) is 0 Å². The van der Waals surface area contributed by atoms with E-state index in [-0.39, 0.29) is 5.41 Å². The summed E-state index contributed by atoms with van der Waals surface area (Å²) in [4.78, 5) is -1.07. The van der Waals surface area contributed by atoms with E-state index in [2.05, 4.69) is 25.1 Å². The highest BCUT2D eigenvalue weighted by atomic mass is 35.5. The molecular formula is C6H14Cl2O2Si. The summed E-state index contributed by atoms with van der Waals surface area (Å²) in [5, 5.41) is 0. The molecule has 68 valence electrons. The first-order valence-corrected chi connectivity index (χ1v) is 5.08. The third-order valence-electron chi connectivity index (χ3n) is 0.901. The van der Waals surface area contributed by atoms with Crippen molar-refractivity contribution in [3.63, 3.8) is 0 Å². The Labute approximate surface area is 80.7 Å². The fourth-order valence-corrected chi connectivity index (χ4v) is 0.611. The third-order valence-corrected chi connectivity index (χ3v) is 2.21. The van der Waals surface area contributed by atoms with Crippen molar-refractivity contribution in [2.24, 2.45) is 5.41 Å². The molecule has 0 heterocycles. The smallest absolute Gasteiger partial charge is 0.233 e. The van der Waals surface area contributed by atoms with E-state index < -0.39 is 4.87 Å². The molecule has 0 saturated carbocycles. The van der Waals surface area contributed by atoms with E-state index in [1.54, 1.807) is 0 Å². The zero-order valence-electron chi connectivity index (χ0n) is 7.28. The van der Waals surface area contributed by atoms with E-state index in [9.17, 15) is 0 Å². The molecule has 1 atom stereocenters. The molecule has 0 bridgehead atoms. The summed E-state index contributed by atoms with van der Waals surface area (Å²) in [7, 11) is 0.531. The summed E-state index contributed by atoms with van der Waals surface area (Å²) in [6, 6.07) is 0. The van der Waals surface area contributed by atoms with Gasteiger partial charge in [-0.1, -0.05) is 32.4 Å². The Bertz CT molecular complexity index is 122. The van der Waals surface area contributed by atoms with Crippen molar-refractivity contribution in [2.45, 2.75) is 25.6 Å². The molecule has 0 aromatic rings. The van der Waals surface area contributed by atoms with Crippen molar-refractivity contribution in [1.29, 1.82) is 0 Å². The maximum Gasteiger partial charge on any atom is 0.233 e. The largest absolute Gasteiger partial charge is 0.340 e. The van der Waals surface area contributed by atoms with Crippen LogP contribution < -0.4 is 0 Å². The highest BCUT2D eigenvalue weighted by Gasteiger charge is 2.24. The molecular weight excluding hydrogens is 203 g/mol. The molecule has 0 aliphatic heterocycles. The quantitative estimate of drug-likeness (QED) is 0.404. The van der Waals surface area contributed by atoms with Crippen LogP contribution in [-0.4, -0.2) is 21.7 Å². The number of alkyl halides is 1. The normalized spacial score (nSPS) is 18.3. The SMILES string of the molecule is CC(C)(C)COC([SiH3])(Cl)OCl. The molecule has 0 aromatic carbocycles. The minimum atomic E-state index is -1.07. The van der Waals surface area contributed by atoms with Crippen molar-refractivity contribution in [1.82, 2.24) is 0 Å². The Balaban J connectivity index is 3.70. The molecule has 0 radical (unpaired) electrons. The van der Waals surface area contributed by atoms with Gasteiger partial charge in [-0.3, -0.25) is 0 Å². The van der Waals surface area contributed by atoms with E-state index in [1.165, 1.54) is 0 Å². The van der Waals surface area contributed by atoms with Gasteiger partial charge >= 0.3 is 0 Å². The summed E-state index contributed by atoms with van der Waals surface area (Å²) in [6.07, 6.45) is 0. The molecule has 0 aliphatic carbocycles. The van der Waals surface area contributed by atoms with Gasteiger partial charge < -0.3 is 4.74 Å². The molecule has 0 aromatic heterocycles. The number of hydrogen-bond donors (Lipinski definition) is 0. The van der Waals surface area contributed by atoms with E-state index in [4.69, 9.17) is 28.2 Å². The van der Waals surface area contributed by atoms with Gasteiger partial charge in [0.2, 0.25) is 4.87 Å². The van der Waals surface area contributed by atoms with Gasteiger partial charge in [0.05, 0.1) is 18.5 Å². The van der Waals surface area contributed by atoms with Gasteiger partial charge in [0.1, 0.15) is 10.2 Å². The molecule has 11 heavy (non-hydrogen) atoms. The maximum absolute atomic E-state index is 5.71. The fraction of sp³-hybridized carbons (Fsp3) is 1.00. The Morgan fingerprint density at radius 2 is 1.82 bits per heavy atom. The number of halogens is 2. The first-order chi connectivity index (χ1) is 4.77. The molecule has 5 heteroatoms. The number of rotatable bonds is 3. The van der Waals surface area contributed by atoms with Crippen LogP contribution in [0.5, 0.6) is 0 Å². The number of hydrogen-bond acceptors (Lipinski definition) is 2. The Hall–Kier alpha value is 0.717. The van der Waals surface area contributed by atoms with Crippen LogP contribution in [0.1, 0.15) is 20.8 Å². The van der Waals surface area contributed by atoms with Gasteiger partial charge in [-0.05, 0) is 5.41 Å². The Kier molecular flexibility index (Phi) is 4.36. The van der Waals surface area contributed by atoms with Crippen molar-refractivity contribution in [3.8, 4) is 0 Å². The average Bonchev–Trinajstić information content (AvgIpc) is 1.83. The molecule has 2 nitrogen and oxygen atoms in total. The summed E-state index contributed by atoms with van der Waals surface area (Å²) in [5.41, 5.74) is 0.0833. The van der Waals surface area contributed by atoms with Gasteiger partial charge in [-0.15, -0.1) is 0 Å². The summed E-state index contributed by atoms with van der Waals surface area (Å²) >= 11 is 10.8. The number of ether oxygens (including phenoxy) is 1. The van der Waals surface area contributed by atoms with Crippen molar-refractivity contribution < 1.29 is 9.03 Å². The topological polar surface area (TPSA) is 18.5 Å². The van der Waals surface area contributed by atoms with Crippen LogP contribution in [-0.2, 0) is 9.03 Å². The zero-order valence-corrected chi connectivity index (χ0v) is 10.8. The minimum Gasteiger partial charge on any atom is -0.340 e. The van der Waals surface area contributed by atoms with Crippen LogP contribution in [0.15, 0.2) is 0 Å². The second-order valence-corrected chi connectivity index (χ2v) is 6.55. The first kappa shape index (κ1) is 11.7. The summed E-state index contributed by atoms with van der Waals surface area (Å²) < 4.78 is 9.63. The average molecular weight is 217 g/mol. The van der Waals surface area contributed by atoms with Crippen LogP contribution >= 0.6 is 23.5 Å². The molecule has 1 unspecified atom stereocenters. The second-order valence-electron chi connectivity index (χ2n) is 3.76. The Morgan fingerprint density at radius 3 is 2.09 bits per heavy atom. The summed E-state index contributed by atoms with van der Waals surface area (Å²) in [5.74, 6) is 0. The van der Waals surface area contributed by atoms with Gasteiger partial charge in [0, 0.05) is 0 Å². The van der Waals surface area contributed by atoms with E-state index in [1.807, 2.05) is 0 Å². The van der Waals surface area contributed by atoms with Crippen LogP contribution in [0.25, 0.3) is 0 Å². The molecule has 0 amide bonds. The van der Waals surface area contributed by atoms with E-state index in [0.29, 0.717) is 16.8 Å². The molecule has 0 rings (SSSR count). The Morgan fingerprint density at radius 1 is 1.36 bits per heavy atom. The van der Waals surface area contributed by atoms with E-state index in [0.717, 1.165) is 0 Å². The van der Waals surface area contributed by atoms with Crippen molar-refractivity contribution in [3.05, 3.63) is 0 Å². The lowest BCUT2D eigenvalue weighted by molar-refractivity contribution is -0.0766. The van der Waals surface area contributed by atoms with Gasteiger partial charge in [-0.25, -0.2) is 4.29 Å². The standard InChI is InChI=1S/C6H14Cl2O2Si/c1-5(2,3)4-9-6(7,11)10-8/h4H2,1-3,11H3. The highest BCUT2D eigenvalue weighted by molar-refractivity contribution is 6.43. The van der Waals surface area contributed by atoms with Crippen molar-refractivity contribution >= 4 is 33.7 Å². The first-order valence-electron chi connectivity index (χ1n) is 3.39. The third kappa shape index (κ3) is 7.09. The molecule has 0 fully saturated rings. The van der Waals surface area contributed by atoms with Crippen LogP contribution in [0.4, 0.5) is 0 Å². The molecule has 0 spiro atoms. The van der Waals surface area contributed by atoms with Gasteiger partial charge in [0.25, 0.3) is 0 Å². The van der Waals surface area contributed by atoms with Gasteiger partial charge in [-0.2, -0.15) is 0 Å². The molecule has 0 aliphatic rings. The molecule has 0 saturated heterocycles. The zero-order chi connectivity index (χ0) is 9.12. The lowest BCUT2D eigenvalue weighted by Crippen LogP contribution is -2.30. The highest BCUT2D eigenvalue weighted by Crippen LogP contribution is 2.21. The predicted molar refractivity (Wildman–Crippen MR) is 50.9 cm³/mol. The minimum absolute atomic E-state index is 0.0833.